The van der Waals surface area contributed by atoms with Crippen molar-refractivity contribution in [2.45, 2.75) is 62.9 Å². The number of methoxy groups -OCH3 is 2. The second kappa shape index (κ2) is 13.0. The number of hydrogen-bond acceptors (Lipinski definition) is 8. The highest BCUT2D eigenvalue weighted by Gasteiger charge is 2.45. The number of halogens is 3. The lowest BCUT2D eigenvalue weighted by atomic mass is 9.70. The molecule has 0 spiro atoms. The molecule has 4 aromatic rings. The lowest BCUT2D eigenvalue weighted by Gasteiger charge is -2.36. The Balaban J connectivity index is 1.59. The van der Waals surface area contributed by atoms with Crippen LogP contribution in [-0.2, 0) is 37.5 Å². The van der Waals surface area contributed by atoms with Crippen molar-refractivity contribution < 1.29 is 22.6 Å². The summed E-state index contributed by atoms with van der Waals surface area (Å²) in [6.45, 7) is 3.82. The monoisotopic (exact) mass is 639 g/mol. The summed E-state index contributed by atoms with van der Waals surface area (Å²) in [7, 11) is 3.16. The summed E-state index contributed by atoms with van der Waals surface area (Å²) in [6, 6.07) is 14.7. The minimum atomic E-state index is -4.69. The standard InChI is InChI=1S/C33H36F3N5O3S/c1-19-26(33(34,35)36)28(32(2)15-14-25-24(16-32)30(42)41-31(39-25)45-5)40-29(38-18-21-8-12-23(44-4)13-9-21)27(19)37-17-20-6-10-22(43-3)11-7-20/h6-13,37H,14-18H2,1-5H3,(H,38,40)(H,39,41,42). The fourth-order valence-corrected chi connectivity index (χ4v) is 6.17. The number of fused-ring (bicyclic) bond motifs is 1. The number of H-pyrrole nitrogens is 1. The van der Waals surface area contributed by atoms with E-state index in [0.717, 1.165) is 11.1 Å². The molecule has 45 heavy (non-hydrogen) atoms. The second-order valence-corrected chi connectivity index (χ2v) is 12.1. The fraction of sp³-hybridized carbons (Fsp3) is 0.364. The van der Waals surface area contributed by atoms with Crippen LogP contribution < -0.4 is 25.7 Å². The Kier molecular flexibility index (Phi) is 9.33. The molecular weight excluding hydrogens is 603 g/mol. The van der Waals surface area contributed by atoms with Gasteiger partial charge >= 0.3 is 6.18 Å². The van der Waals surface area contributed by atoms with Crippen molar-refractivity contribution in [3.63, 3.8) is 0 Å². The minimum absolute atomic E-state index is 0.0371. The van der Waals surface area contributed by atoms with Crippen molar-refractivity contribution in [2.75, 3.05) is 31.1 Å². The first-order valence-electron chi connectivity index (χ1n) is 14.5. The SMILES string of the molecule is COc1ccc(CNc2nc(C3(C)CCc4nc(SC)[nH]c(=O)c4C3)c(C(F)(F)F)c(C)c2NCc2ccc(OC)cc2)cc1. The van der Waals surface area contributed by atoms with Crippen molar-refractivity contribution >= 4 is 23.3 Å². The smallest absolute Gasteiger partial charge is 0.418 e. The molecule has 0 fully saturated rings. The molecule has 1 aliphatic carbocycles. The molecule has 0 saturated heterocycles. The first kappa shape index (κ1) is 32.2. The van der Waals surface area contributed by atoms with E-state index < -0.39 is 17.2 Å². The Morgan fingerprint density at radius 1 is 0.956 bits per heavy atom. The van der Waals surface area contributed by atoms with Crippen LogP contribution in [0.15, 0.2) is 58.5 Å². The van der Waals surface area contributed by atoms with E-state index in [1.165, 1.54) is 18.7 Å². The number of hydrogen-bond donors (Lipinski definition) is 3. The van der Waals surface area contributed by atoms with E-state index >= 15 is 0 Å². The molecule has 1 atom stereocenters. The molecule has 1 aliphatic rings. The Labute approximate surface area is 264 Å². The van der Waals surface area contributed by atoms with Gasteiger partial charge in [-0.3, -0.25) is 4.79 Å². The first-order valence-corrected chi connectivity index (χ1v) is 15.7. The van der Waals surface area contributed by atoms with Crippen LogP contribution in [0.3, 0.4) is 0 Å². The van der Waals surface area contributed by atoms with Crippen LogP contribution >= 0.6 is 11.8 Å². The average molecular weight is 640 g/mol. The number of thioether (sulfide) groups is 1. The number of benzene rings is 2. The van der Waals surface area contributed by atoms with Crippen LogP contribution in [0.5, 0.6) is 11.5 Å². The van der Waals surface area contributed by atoms with Gasteiger partial charge in [-0.2, -0.15) is 13.2 Å². The van der Waals surface area contributed by atoms with Gasteiger partial charge in [-0.1, -0.05) is 43.0 Å². The number of pyridine rings is 1. The van der Waals surface area contributed by atoms with Crippen LogP contribution in [0.1, 0.15) is 52.5 Å². The molecule has 2 aromatic heterocycles. The van der Waals surface area contributed by atoms with Gasteiger partial charge in [-0.05, 0) is 73.4 Å². The summed E-state index contributed by atoms with van der Waals surface area (Å²) in [5.41, 5.74) is 0.836. The van der Waals surface area contributed by atoms with E-state index in [1.54, 1.807) is 33.3 Å². The second-order valence-electron chi connectivity index (χ2n) is 11.3. The average Bonchev–Trinajstić information content (AvgIpc) is 3.03. The third kappa shape index (κ3) is 6.90. The number of aromatic amines is 1. The minimum Gasteiger partial charge on any atom is -0.497 e. The molecule has 5 rings (SSSR count). The van der Waals surface area contributed by atoms with E-state index in [1.807, 2.05) is 42.7 Å². The van der Waals surface area contributed by atoms with Crippen LogP contribution in [0.4, 0.5) is 24.7 Å². The van der Waals surface area contributed by atoms with Crippen molar-refractivity contribution in [1.29, 1.82) is 0 Å². The number of aromatic nitrogens is 3. The van der Waals surface area contributed by atoms with Crippen molar-refractivity contribution in [3.8, 4) is 11.5 Å². The summed E-state index contributed by atoms with van der Waals surface area (Å²) in [5.74, 6) is 1.69. The number of anilines is 2. The van der Waals surface area contributed by atoms with Gasteiger partial charge < -0.3 is 25.1 Å². The molecular formula is C33H36F3N5O3S. The van der Waals surface area contributed by atoms with E-state index in [2.05, 4.69) is 20.6 Å². The maximum absolute atomic E-state index is 15.0. The number of ether oxygens (including phenoxy) is 2. The van der Waals surface area contributed by atoms with Gasteiger partial charge in [0.2, 0.25) is 0 Å². The Hall–Kier alpha value is -4.19. The van der Waals surface area contributed by atoms with Gasteiger partial charge in [0.15, 0.2) is 5.16 Å². The summed E-state index contributed by atoms with van der Waals surface area (Å²) in [4.78, 5) is 25.0. The fourth-order valence-electron chi connectivity index (χ4n) is 5.78. The lowest BCUT2D eigenvalue weighted by Crippen LogP contribution is -2.38. The quantitative estimate of drug-likeness (QED) is 0.127. The van der Waals surface area contributed by atoms with Gasteiger partial charge in [0, 0.05) is 24.1 Å². The topological polar surface area (TPSA) is 101 Å². The molecule has 12 heteroatoms. The summed E-state index contributed by atoms with van der Waals surface area (Å²) in [6.07, 6.45) is -2.06. The largest absolute Gasteiger partial charge is 0.497 e. The number of nitrogens with one attached hydrogen (secondary N) is 3. The molecule has 238 valence electrons. The molecule has 0 radical (unpaired) electrons. The summed E-state index contributed by atoms with van der Waals surface area (Å²) < 4.78 is 55.5. The predicted octanol–water partition coefficient (Wildman–Crippen LogP) is 6.90. The highest BCUT2D eigenvalue weighted by atomic mass is 32.2. The molecule has 0 bridgehead atoms. The van der Waals surface area contributed by atoms with E-state index in [-0.39, 0.29) is 35.5 Å². The molecule has 8 nitrogen and oxygen atoms in total. The van der Waals surface area contributed by atoms with Gasteiger partial charge in [0.05, 0.1) is 36.9 Å². The molecule has 1 unspecified atom stereocenters. The molecule has 3 N–H and O–H groups in total. The normalized spacial score (nSPS) is 16.2. The predicted molar refractivity (Wildman–Crippen MR) is 171 cm³/mol. The van der Waals surface area contributed by atoms with E-state index in [9.17, 15) is 18.0 Å². The zero-order chi connectivity index (χ0) is 32.4. The molecule has 2 heterocycles. The maximum atomic E-state index is 15.0. The van der Waals surface area contributed by atoms with Crippen molar-refractivity contribution in [2.24, 2.45) is 0 Å². The Bertz CT molecular complexity index is 1730. The number of aryl methyl sites for hydroxylation is 1. The molecule has 2 aromatic carbocycles. The van der Waals surface area contributed by atoms with E-state index in [4.69, 9.17) is 14.5 Å². The number of rotatable bonds is 10. The molecule has 0 saturated carbocycles. The van der Waals surface area contributed by atoms with Crippen LogP contribution in [0.25, 0.3) is 0 Å². The zero-order valence-electron chi connectivity index (χ0n) is 25.8. The number of nitrogens with zero attached hydrogens (tertiary/aromatic N) is 2. The summed E-state index contributed by atoms with van der Waals surface area (Å²) >= 11 is 1.32. The Morgan fingerprint density at radius 2 is 1.53 bits per heavy atom. The molecule has 0 aliphatic heterocycles. The third-order valence-corrected chi connectivity index (χ3v) is 8.88. The highest BCUT2D eigenvalue weighted by Crippen LogP contribution is 2.47. The van der Waals surface area contributed by atoms with Crippen molar-refractivity contribution in [3.05, 3.63) is 98.1 Å². The van der Waals surface area contributed by atoms with Crippen LogP contribution in [0.2, 0.25) is 0 Å². The third-order valence-electron chi connectivity index (χ3n) is 8.30. The van der Waals surface area contributed by atoms with Crippen LogP contribution in [-0.4, -0.2) is 35.4 Å². The van der Waals surface area contributed by atoms with Gasteiger partial charge in [-0.25, -0.2) is 9.97 Å². The highest BCUT2D eigenvalue weighted by molar-refractivity contribution is 7.98. The zero-order valence-corrected chi connectivity index (χ0v) is 26.6. The molecule has 0 amide bonds. The van der Waals surface area contributed by atoms with Gasteiger partial charge in [-0.15, -0.1) is 0 Å². The maximum Gasteiger partial charge on any atom is 0.418 e. The van der Waals surface area contributed by atoms with Crippen LogP contribution in [0, 0.1) is 6.92 Å². The van der Waals surface area contributed by atoms with E-state index in [0.29, 0.717) is 53.1 Å². The summed E-state index contributed by atoms with van der Waals surface area (Å²) in [5, 5.41) is 7.02. The van der Waals surface area contributed by atoms with Gasteiger partial charge in [0.25, 0.3) is 5.56 Å². The Morgan fingerprint density at radius 3 is 2.07 bits per heavy atom. The first-order chi connectivity index (χ1) is 21.5. The van der Waals surface area contributed by atoms with Gasteiger partial charge in [0.1, 0.15) is 17.3 Å². The lowest BCUT2D eigenvalue weighted by molar-refractivity contribution is -0.139. The van der Waals surface area contributed by atoms with Crippen molar-refractivity contribution in [1.82, 2.24) is 15.0 Å². The number of alkyl halides is 3.